The first-order valence-electron chi connectivity index (χ1n) is 7.26. The summed E-state index contributed by atoms with van der Waals surface area (Å²) in [6.45, 7) is 4.39. The summed E-state index contributed by atoms with van der Waals surface area (Å²) >= 11 is 0. The van der Waals surface area contributed by atoms with Gasteiger partial charge in [-0.2, -0.15) is 0 Å². The van der Waals surface area contributed by atoms with Crippen molar-refractivity contribution in [1.29, 1.82) is 0 Å². The molecule has 0 amide bonds. The van der Waals surface area contributed by atoms with Gasteiger partial charge in [0, 0.05) is 6.61 Å². The number of rotatable bonds is 9. The van der Waals surface area contributed by atoms with Crippen molar-refractivity contribution in [3.05, 3.63) is 0 Å². The van der Waals surface area contributed by atoms with Crippen molar-refractivity contribution < 1.29 is 5.11 Å². The van der Waals surface area contributed by atoms with E-state index >= 15 is 0 Å². The van der Waals surface area contributed by atoms with E-state index in [1.807, 2.05) is 0 Å². The van der Waals surface area contributed by atoms with Gasteiger partial charge < -0.3 is 10.0 Å². The number of piperidine rings is 1. The van der Waals surface area contributed by atoms with Crippen LogP contribution in [0.25, 0.3) is 0 Å². The molecule has 16 heavy (non-hydrogen) atoms. The summed E-state index contributed by atoms with van der Waals surface area (Å²) in [6.07, 6.45) is 13.3. The van der Waals surface area contributed by atoms with Crippen molar-refractivity contribution >= 4 is 0 Å². The average molecular weight is 227 g/mol. The summed E-state index contributed by atoms with van der Waals surface area (Å²) in [5, 5.41) is 8.65. The molecule has 2 heteroatoms. The van der Waals surface area contributed by atoms with Crippen molar-refractivity contribution in [1.82, 2.24) is 4.90 Å². The summed E-state index contributed by atoms with van der Waals surface area (Å²) in [7, 11) is 0. The summed E-state index contributed by atoms with van der Waals surface area (Å²) < 4.78 is 0. The number of aliphatic hydroxyl groups excluding tert-OH is 1. The third kappa shape index (κ3) is 7.24. The van der Waals surface area contributed by atoms with Crippen molar-refractivity contribution in [2.24, 2.45) is 0 Å². The van der Waals surface area contributed by atoms with E-state index in [1.165, 1.54) is 77.4 Å². The minimum atomic E-state index is 0.370. The average Bonchev–Trinajstić information content (AvgIpc) is 2.34. The molecule has 1 heterocycles. The van der Waals surface area contributed by atoms with Crippen molar-refractivity contribution in [2.75, 3.05) is 26.2 Å². The molecular weight excluding hydrogens is 198 g/mol. The van der Waals surface area contributed by atoms with Gasteiger partial charge in [-0.05, 0) is 45.3 Å². The Morgan fingerprint density at radius 3 is 1.88 bits per heavy atom. The smallest absolute Gasteiger partial charge is 0.0431 e. The van der Waals surface area contributed by atoms with Crippen LogP contribution in [0, 0.1) is 0 Å². The van der Waals surface area contributed by atoms with Gasteiger partial charge in [-0.3, -0.25) is 0 Å². The molecule has 0 aromatic rings. The summed E-state index contributed by atoms with van der Waals surface area (Å²) in [5.74, 6) is 0. The number of unbranched alkanes of at least 4 members (excludes halogenated alkanes) is 6. The lowest BCUT2D eigenvalue weighted by molar-refractivity contribution is 0.224. The SMILES string of the molecule is OCCCCCCCCCN1CCCCC1. The summed E-state index contributed by atoms with van der Waals surface area (Å²) in [4.78, 5) is 2.63. The van der Waals surface area contributed by atoms with E-state index in [-0.39, 0.29) is 0 Å². The Morgan fingerprint density at radius 1 is 0.688 bits per heavy atom. The molecule has 1 fully saturated rings. The molecule has 0 aliphatic carbocycles. The lowest BCUT2D eigenvalue weighted by Gasteiger charge is -2.26. The second kappa shape index (κ2) is 10.1. The number of likely N-dealkylation sites (tertiary alicyclic amines) is 1. The standard InChI is InChI=1S/C14H29NO/c16-14-10-5-3-1-2-4-7-11-15-12-8-6-9-13-15/h16H,1-14H2. The van der Waals surface area contributed by atoms with Crippen LogP contribution in [-0.2, 0) is 0 Å². The van der Waals surface area contributed by atoms with Crippen LogP contribution in [0.2, 0.25) is 0 Å². The Labute approximate surface area is 101 Å². The van der Waals surface area contributed by atoms with Crippen LogP contribution >= 0.6 is 0 Å². The van der Waals surface area contributed by atoms with E-state index in [4.69, 9.17) is 5.11 Å². The Bertz CT molecular complexity index is 144. The number of hydrogen-bond acceptors (Lipinski definition) is 2. The van der Waals surface area contributed by atoms with Gasteiger partial charge in [0.15, 0.2) is 0 Å². The van der Waals surface area contributed by atoms with Gasteiger partial charge in [-0.25, -0.2) is 0 Å². The number of hydrogen-bond donors (Lipinski definition) is 1. The van der Waals surface area contributed by atoms with Gasteiger partial charge in [-0.1, -0.05) is 38.5 Å². The van der Waals surface area contributed by atoms with Gasteiger partial charge in [0.05, 0.1) is 0 Å². The molecule has 0 spiro atoms. The van der Waals surface area contributed by atoms with Gasteiger partial charge in [0.25, 0.3) is 0 Å². The Kier molecular flexibility index (Phi) is 8.83. The molecule has 1 N–H and O–H groups in total. The zero-order valence-electron chi connectivity index (χ0n) is 10.8. The highest BCUT2D eigenvalue weighted by molar-refractivity contribution is 4.64. The van der Waals surface area contributed by atoms with Crippen LogP contribution in [0.1, 0.15) is 64.2 Å². The van der Waals surface area contributed by atoms with Crippen molar-refractivity contribution in [3.8, 4) is 0 Å². The fourth-order valence-corrected chi connectivity index (χ4v) is 2.51. The molecule has 2 nitrogen and oxygen atoms in total. The molecule has 0 aromatic heterocycles. The van der Waals surface area contributed by atoms with Gasteiger partial charge >= 0.3 is 0 Å². The molecule has 0 bridgehead atoms. The quantitative estimate of drug-likeness (QED) is 0.611. The third-order valence-electron chi connectivity index (χ3n) is 3.58. The largest absolute Gasteiger partial charge is 0.396 e. The predicted molar refractivity (Wildman–Crippen MR) is 69.7 cm³/mol. The van der Waals surface area contributed by atoms with E-state index in [1.54, 1.807) is 0 Å². The fraction of sp³-hybridized carbons (Fsp3) is 1.00. The molecule has 0 unspecified atom stereocenters. The van der Waals surface area contributed by atoms with Crippen molar-refractivity contribution in [2.45, 2.75) is 64.2 Å². The zero-order valence-corrected chi connectivity index (χ0v) is 10.8. The third-order valence-corrected chi connectivity index (χ3v) is 3.58. The molecule has 1 aliphatic heterocycles. The fourth-order valence-electron chi connectivity index (χ4n) is 2.51. The predicted octanol–water partition coefficient (Wildman–Crippen LogP) is 3.20. The van der Waals surface area contributed by atoms with Crippen LogP contribution < -0.4 is 0 Å². The lowest BCUT2D eigenvalue weighted by Crippen LogP contribution is -2.30. The molecule has 0 atom stereocenters. The summed E-state index contributed by atoms with van der Waals surface area (Å²) in [5.41, 5.74) is 0. The molecule has 0 aromatic carbocycles. The Balaban J connectivity index is 1.77. The van der Waals surface area contributed by atoms with Gasteiger partial charge in [0.1, 0.15) is 0 Å². The first-order chi connectivity index (χ1) is 7.93. The normalized spacial score (nSPS) is 17.8. The van der Waals surface area contributed by atoms with Crippen LogP contribution in [0.15, 0.2) is 0 Å². The molecule has 0 radical (unpaired) electrons. The maximum absolute atomic E-state index is 8.65. The van der Waals surface area contributed by atoms with E-state index in [9.17, 15) is 0 Å². The molecule has 96 valence electrons. The topological polar surface area (TPSA) is 23.5 Å². The number of aliphatic hydroxyl groups is 1. The first kappa shape index (κ1) is 14.0. The highest BCUT2D eigenvalue weighted by Crippen LogP contribution is 2.11. The molecule has 1 aliphatic rings. The maximum Gasteiger partial charge on any atom is 0.0431 e. The van der Waals surface area contributed by atoms with E-state index in [2.05, 4.69) is 4.90 Å². The summed E-state index contributed by atoms with van der Waals surface area (Å²) in [6, 6.07) is 0. The van der Waals surface area contributed by atoms with E-state index in [0.29, 0.717) is 6.61 Å². The highest BCUT2D eigenvalue weighted by Gasteiger charge is 2.08. The Hall–Kier alpha value is -0.0800. The van der Waals surface area contributed by atoms with Gasteiger partial charge in [0.2, 0.25) is 0 Å². The van der Waals surface area contributed by atoms with E-state index in [0.717, 1.165) is 6.42 Å². The number of nitrogens with zero attached hydrogens (tertiary/aromatic N) is 1. The molecule has 1 rings (SSSR count). The first-order valence-corrected chi connectivity index (χ1v) is 7.26. The van der Waals surface area contributed by atoms with Crippen LogP contribution in [-0.4, -0.2) is 36.2 Å². The van der Waals surface area contributed by atoms with Crippen molar-refractivity contribution in [3.63, 3.8) is 0 Å². The monoisotopic (exact) mass is 227 g/mol. The second-order valence-electron chi connectivity index (χ2n) is 5.10. The highest BCUT2D eigenvalue weighted by atomic mass is 16.2. The maximum atomic E-state index is 8.65. The van der Waals surface area contributed by atoms with Crippen LogP contribution in [0.3, 0.4) is 0 Å². The van der Waals surface area contributed by atoms with Gasteiger partial charge in [-0.15, -0.1) is 0 Å². The molecule has 1 saturated heterocycles. The second-order valence-corrected chi connectivity index (χ2v) is 5.10. The van der Waals surface area contributed by atoms with Crippen LogP contribution in [0.5, 0.6) is 0 Å². The van der Waals surface area contributed by atoms with Crippen LogP contribution in [0.4, 0.5) is 0 Å². The Morgan fingerprint density at radius 2 is 1.25 bits per heavy atom. The minimum absolute atomic E-state index is 0.370. The lowest BCUT2D eigenvalue weighted by atomic mass is 10.1. The molecular formula is C14H29NO. The minimum Gasteiger partial charge on any atom is -0.396 e. The molecule has 0 saturated carbocycles. The van der Waals surface area contributed by atoms with E-state index < -0.39 is 0 Å². The zero-order chi connectivity index (χ0) is 11.5.